The molecule has 1 heterocycles. The van der Waals surface area contributed by atoms with Crippen LogP contribution < -0.4 is 0 Å². The number of thiazole rings is 1. The molecule has 3 heteroatoms. The number of nitrogens with zero attached hydrogens (tertiary/aromatic N) is 1. The Balaban J connectivity index is 2.69. The van der Waals surface area contributed by atoms with E-state index in [0.29, 0.717) is 12.1 Å². The van der Waals surface area contributed by atoms with E-state index in [1.165, 1.54) is 0 Å². The summed E-state index contributed by atoms with van der Waals surface area (Å²) in [5.41, 5.74) is 0.704. The van der Waals surface area contributed by atoms with Crippen LogP contribution in [0.25, 0.3) is 0 Å². The molecular formula is C9H11NOS. The number of aliphatic hydroxyl groups is 1. The lowest BCUT2D eigenvalue weighted by Gasteiger charge is -2.00. The molecule has 0 aliphatic rings. The summed E-state index contributed by atoms with van der Waals surface area (Å²) in [7, 11) is 0. The highest BCUT2D eigenvalue weighted by atomic mass is 32.1. The van der Waals surface area contributed by atoms with Crippen molar-refractivity contribution in [1.82, 2.24) is 4.98 Å². The first-order valence-electron chi connectivity index (χ1n) is 3.83. The summed E-state index contributed by atoms with van der Waals surface area (Å²) < 4.78 is 0. The maximum absolute atomic E-state index is 9.43. The predicted octanol–water partition coefficient (Wildman–Crippen LogP) is 1.76. The van der Waals surface area contributed by atoms with Gasteiger partial charge in [0.15, 0.2) is 0 Å². The molecule has 2 nitrogen and oxygen atoms in total. The minimum absolute atomic E-state index is 0.340. The van der Waals surface area contributed by atoms with Gasteiger partial charge in [0.2, 0.25) is 0 Å². The Hall–Kier alpha value is -0.850. The maximum atomic E-state index is 9.43. The molecule has 0 saturated heterocycles. The first-order valence-corrected chi connectivity index (χ1v) is 4.71. The molecule has 64 valence electrons. The molecule has 1 atom stereocenters. The van der Waals surface area contributed by atoms with Gasteiger partial charge in [-0.15, -0.1) is 23.7 Å². The number of hydrogen-bond donors (Lipinski definition) is 1. The van der Waals surface area contributed by atoms with E-state index in [1.807, 2.05) is 12.3 Å². The first kappa shape index (κ1) is 9.24. The Kier molecular flexibility index (Phi) is 3.27. The van der Waals surface area contributed by atoms with Gasteiger partial charge in [-0.25, -0.2) is 4.98 Å². The van der Waals surface area contributed by atoms with Crippen molar-refractivity contribution in [2.45, 2.75) is 25.9 Å². The number of hydrogen-bond acceptors (Lipinski definition) is 3. The van der Waals surface area contributed by atoms with Gasteiger partial charge in [-0.1, -0.05) is 6.92 Å². The molecular weight excluding hydrogens is 170 g/mol. The van der Waals surface area contributed by atoms with Crippen LogP contribution in [-0.2, 0) is 6.42 Å². The molecule has 0 amide bonds. The number of aromatic nitrogens is 1. The molecule has 12 heavy (non-hydrogen) atoms. The SMILES string of the molecule is C#CCC(O)c1csc(CC)n1. The van der Waals surface area contributed by atoms with Crippen molar-refractivity contribution >= 4 is 11.3 Å². The van der Waals surface area contributed by atoms with E-state index in [-0.39, 0.29) is 0 Å². The summed E-state index contributed by atoms with van der Waals surface area (Å²) in [5, 5.41) is 12.3. The van der Waals surface area contributed by atoms with Gasteiger partial charge in [0, 0.05) is 11.8 Å². The Bertz CT molecular complexity index is 287. The lowest BCUT2D eigenvalue weighted by Crippen LogP contribution is -1.96. The van der Waals surface area contributed by atoms with Crippen LogP contribution in [0, 0.1) is 12.3 Å². The van der Waals surface area contributed by atoms with E-state index < -0.39 is 6.10 Å². The second kappa shape index (κ2) is 4.24. The van der Waals surface area contributed by atoms with Gasteiger partial charge in [0.25, 0.3) is 0 Å². The Morgan fingerprint density at radius 2 is 2.58 bits per heavy atom. The van der Waals surface area contributed by atoms with Gasteiger partial charge in [-0.05, 0) is 6.42 Å². The normalized spacial score (nSPS) is 12.4. The van der Waals surface area contributed by atoms with Crippen LogP contribution in [0.5, 0.6) is 0 Å². The number of rotatable bonds is 3. The lowest BCUT2D eigenvalue weighted by molar-refractivity contribution is 0.179. The monoisotopic (exact) mass is 181 g/mol. The molecule has 0 aliphatic carbocycles. The molecule has 0 bridgehead atoms. The van der Waals surface area contributed by atoms with Crippen LogP contribution in [0.3, 0.4) is 0 Å². The van der Waals surface area contributed by atoms with Crippen molar-refractivity contribution < 1.29 is 5.11 Å². The zero-order chi connectivity index (χ0) is 8.97. The van der Waals surface area contributed by atoms with Crippen molar-refractivity contribution in [1.29, 1.82) is 0 Å². The van der Waals surface area contributed by atoms with Crippen LogP contribution >= 0.6 is 11.3 Å². The number of terminal acetylenes is 1. The summed E-state index contributed by atoms with van der Waals surface area (Å²) in [6.45, 7) is 2.04. The Morgan fingerprint density at radius 3 is 3.08 bits per heavy atom. The van der Waals surface area contributed by atoms with Crippen LogP contribution in [0.2, 0.25) is 0 Å². The molecule has 1 rings (SSSR count). The van der Waals surface area contributed by atoms with E-state index in [0.717, 1.165) is 11.4 Å². The van der Waals surface area contributed by atoms with E-state index in [1.54, 1.807) is 11.3 Å². The van der Waals surface area contributed by atoms with Gasteiger partial charge < -0.3 is 5.11 Å². The first-order chi connectivity index (χ1) is 5.77. The highest BCUT2D eigenvalue weighted by Gasteiger charge is 2.09. The summed E-state index contributed by atoms with van der Waals surface area (Å²) >= 11 is 1.56. The minimum Gasteiger partial charge on any atom is -0.386 e. The standard InChI is InChI=1S/C9H11NOS/c1-3-5-8(11)7-6-12-9(4-2)10-7/h1,6,8,11H,4-5H2,2H3. The molecule has 0 aromatic carbocycles. The summed E-state index contributed by atoms with van der Waals surface area (Å²) in [5.74, 6) is 2.41. The summed E-state index contributed by atoms with van der Waals surface area (Å²) in [6.07, 6.45) is 5.73. The zero-order valence-electron chi connectivity index (χ0n) is 6.95. The molecule has 1 N–H and O–H groups in total. The van der Waals surface area contributed by atoms with E-state index in [2.05, 4.69) is 10.9 Å². The zero-order valence-corrected chi connectivity index (χ0v) is 7.77. The topological polar surface area (TPSA) is 33.1 Å². The quantitative estimate of drug-likeness (QED) is 0.721. The fourth-order valence-corrected chi connectivity index (χ4v) is 1.65. The second-order valence-electron chi connectivity index (χ2n) is 2.44. The van der Waals surface area contributed by atoms with Gasteiger partial charge in [0.05, 0.1) is 10.7 Å². The van der Waals surface area contributed by atoms with Gasteiger partial charge in [-0.3, -0.25) is 0 Å². The molecule has 0 saturated carbocycles. The third-order valence-corrected chi connectivity index (χ3v) is 2.54. The van der Waals surface area contributed by atoms with Crippen LogP contribution in [0.1, 0.15) is 30.2 Å². The number of aliphatic hydroxyl groups excluding tert-OH is 1. The molecule has 1 aromatic rings. The van der Waals surface area contributed by atoms with Crippen molar-refractivity contribution in [3.63, 3.8) is 0 Å². The average molecular weight is 181 g/mol. The van der Waals surface area contributed by atoms with Gasteiger partial charge in [0.1, 0.15) is 6.10 Å². The van der Waals surface area contributed by atoms with E-state index >= 15 is 0 Å². The highest BCUT2D eigenvalue weighted by molar-refractivity contribution is 7.09. The van der Waals surface area contributed by atoms with Crippen LogP contribution in [0.4, 0.5) is 0 Å². The fourth-order valence-electron chi connectivity index (χ4n) is 0.857. The van der Waals surface area contributed by atoms with Gasteiger partial charge >= 0.3 is 0 Å². The van der Waals surface area contributed by atoms with E-state index in [9.17, 15) is 5.11 Å². The van der Waals surface area contributed by atoms with Crippen molar-refractivity contribution in [2.24, 2.45) is 0 Å². The van der Waals surface area contributed by atoms with Crippen LogP contribution in [-0.4, -0.2) is 10.1 Å². The molecule has 0 radical (unpaired) electrons. The van der Waals surface area contributed by atoms with Crippen molar-refractivity contribution in [2.75, 3.05) is 0 Å². The highest BCUT2D eigenvalue weighted by Crippen LogP contribution is 2.18. The summed E-state index contributed by atoms with van der Waals surface area (Å²) in [4.78, 5) is 4.22. The van der Waals surface area contributed by atoms with Crippen molar-refractivity contribution in [3.05, 3.63) is 16.1 Å². The van der Waals surface area contributed by atoms with Gasteiger partial charge in [-0.2, -0.15) is 0 Å². The fraction of sp³-hybridized carbons (Fsp3) is 0.444. The third-order valence-electron chi connectivity index (χ3n) is 1.52. The van der Waals surface area contributed by atoms with Crippen molar-refractivity contribution in [3.8, 4) is 12.3 Å². The summed E-state index contributed by atoms with van der Waals surface area (Å²) in [6, 6.07) is 0. The second-order valence-corrected chi connectivity index (χ2v) is 3.39. The largest absolute Gasteiger partial charge is 0.386 e. The Labute approximate surface area is 76.3 Å². The minimum atomic E-state index is -0.591. The molecule has 0 fully saturated rings. The Morgan fingerprint density at radius 1 is 1.83 bits per heavy atom. The van der Waals surface area contributed by atoms with E-state index in [4.69, 9.17) is 6.42 Å². The lowest BCUT2D eigenvalue weighted by atomic mass is 10.2. The molecule has 1 aromatic heterocycles. The molecule has 1 unspecified atom stereocenters. The van der Waals surface area contributed by atoms with Crippen LogP contribution in [0.15, 0.2) is 5.38 Å². The predicted molar refractivity (Wildman–Crippen MR) is 49.9 cm³/mol. The smallest absolute Gasteiger partial charge is 0.108 e. The maximum Gasteiger partial charge on any atom is 0.108 e. The third kappa shape index (κ3) is 2.07. The molecule has 0 aliphatic heterocycles. The molecule has 0 spiro atoms. The number of aryl methyl sites for hydroxylation is 1. The average Bonchev–Trinajstić information content (AvgIpc) is 2.52.